The van der Waals surface area contributed by atoms with Gasteiger partial charge in [-0.3, -0.25) is 0 Å². The Hall–Kier alpha value is -0.0800. The van der Waals surface area contributed by atoms with E-state index in [0.717, 1.165) is 11.8 Å². The molecule has 2 atom stereocenters. The van der Waals surface area contributed by atoms with E-state index in [-0.39, 0.29) is 0 Å². The molecule has 0 aromatic heterocycles. The zero-order valence-corrected chi connectivity index (χ0v) is 10.9. The first-order chi connectivity index (χ1) is 7.17. The van der Waals surface area contributed by atoms with Gasteiger partial charge >= 0.3 is 0 Å². The average molecular weight is 212 g/mol. The largest absolute Gasteiger partial charge is 0.313 e. The van der Waals surface area contributed by atoms with Crippen molar-refractivity contribution >= 4 is 0 Å². The third-order valence-corrected chi connectivity index (χ3v) is 3.64. The maximum atomic E-state index is 3.66. The van der Waals surface area contributed by atoms with Crippen LogP contribution >= 0.6 is 0 Å². The molecule has 1 saturated carbocycles. The van der Waals surface area contributed by atoms with Crippen molar-refractivity contribution in [1.82, 2.24) is 10.2 Å². The zero-order chi connectivity index (χ0) is 11.3. The summed E-state index contributed by atoms with van der Waals surface area (Å²) in [5, 5.41) is 3.66. The fourth-order valence-corrected chi connectivity index (χ4v) is 2.15. The van der Waals surface area contributed by atoms with Gasteiger partial charge in [0.1, 0.15) is 0 Å². The zero-order valence-electron chi connectivity index (χ0n) is 10.9. The van der Waals surface area contributed by atoms with Crippen LogP contribution in [0.2, 0.25) is 0 Å². The van der Waals surface area contributed by atoms with E-state index in [1.807, 2.05) is 0 Å². The van der Waals surface area contributed by atoms with Crippen LogP contribution in [0.3, 0.4) is 0 Å². The first-order valence-corrected chi connectivity index (χ1v) is 6.63. The van der Waals surface area contributed by atoms with Gasteiger partial charge in [0.2, 0.25) is 0 Å². The predicted molar refractivity (Wildman–Crippen MR) is 67.1 cm³/mol. The smallest absolute Gasteiger partial charge is 0.0166 e. The number of hydrogen-bond acceptors (Lipinski definition) is 2. The molecule has 1 N–H and O–H groups in total. The van der Waals surface area contributed by atoms with Crippen LogP contribution in [0.25, 0.3) is 0 Å². The molecule has 0 heterocycles. The molecular weight excluding hydrogens is 184 g/mol. The second-order valence-electron chi connectivity index (χ2n) is 5.11. The van der Waals surface area contributed by atoms with Gasteiger partial charge in [-0.15, -0.1) is 0 Å². The van der Waals surface area contributed by atoms with Crippen LogP contribution < -0.4 is 5.32 Å². The molecule has 0 saturated heterocycles. The van der Waals surface area contributed by atoms with Crippen molar-refractivity contribution in [2.45, 2.75) is 46.6 Å². The Labute approximate surface area is 95.4 Å². The lowest BCUT2D eigenvalue weighted by Crippen LogP contribution is -2.40. The monoisotopic (exact) mass is 212 g/mol. The molecule has 0 aliphatic heterocycles. The van der Waals surface area contributed by atoms with Crippen LogP contribution in [-0.2, 0) is 0 Å². The summed E-state index contributed by atoms with van der Waals surface area (Å²) >= 11 is 0. The minimum Gasteiger partial charge on any atom is -0.313 e. The van der Waals surface area contributed by atoms with E-state index in [4.69, 9.17) is 0 Å². The fraction of sp³-hybridized carbons (Fsp3) is 1.00. The van der Waals surface area contributed by atoms with E-state index >= 15 is 0 Å². The van der Waals surface area contributed by atoms with Crippen molar-refractivity contribution in [3.63, 3.8) is 0 Å². The van der Waals surface area contributed by atoms with Crippen LogP contribution in [0, 0.1) is 11.8 Å². The van der Waals surface area contributed by atoms with Crippen molar-refractivity contribution in [3.05, 3.63) is 0 Å². The molecule has 0 spiro atoms. The maximum Gasteiger partial charge on any atom is 0.0166 e. The number of nitrogens with one attached hydrogen (secondary N) is 1. The van der Waals surface area contributed by atoms with Crippen molar-refractivity contribution in [2.24, 2.45) is 11.8 Å². The second-order valence-corrected chi connectivity index (χ2v) is 5.11. The molecule has 15 heavy (non-hydrogen) atoms. The minimum absolute atomic E-state index is 0.631. The summed E-state index contributed by atoms with van der Waals surface area (Å²) in [4.78, 5) is 2.49. The van der Waals surface area contributed by atoms with Gasteiger partial charge in [0.25, 0.3) is 0 Å². The third-order valence-electron chi connectivity index (χ3n) is 3.64. The summed E-state index contributed by atoms with van der Waals surface area (Å²) in [6.07, 6.45) is 2.93. The van der Waals surface area contributed by atoms with Crippen LogP contribution in [0.1, 0.15) is 40.5 Å². The predicted octanol–water partition coefficient (Wildman–Crippen LogP) is 2.35. The molecular formula is C13H28N2. The highest BCUT2D eigenvalue weighted by Crippen LogP contribution is 2.36. The first-order valence-electron chi connectivity index (χ1n) is 6.63. The van der Waals surface area contributed by atoms with E-state index in [1.165, 1.54) is 39.0 Å². The van der Waals surface area contributed by atoms with Gasteiger partial charge in [0.05, 0.1) is 0 Å². The Bertz CT molecular complexity index is 162. The molecule has 2 unspecified atom stereocenters. The fourth-order valence-electron chi connectivity index (χ4n) is 2.15. The van der Waals surface area contributed by atoms with Crippen LogP contribution in [0.4, 0.5) is 0 Å². The molecule has 1 fully saturated rings. The SMILES string of the molecule is CCN(CC)CC(C)NCC(C)C1CC1. The standard InChI is InChI=1S/C13H28N2/c1-5-15(6-2)10-12(4)14-9-11(3)13-7-8-13/h11-14H,5-10H2,1-4H3. The summed E-state index contributed by atoms with van der Waals surface area (Å²) in [5.74, 6) is 1.90. The Balaban J connectivity index is 2.08. The van der Waals surface area contributed by atoms with Gasteiger partial charge in [-0.25, -0.2) is 0 Å². The lowest BCUT2D eigenvalue weighted by atomic mass is 10.1. The minimum atomic E-state index is 0.631. The molecule has 0 aromatic carbocycles. The van der Waals surface area contributed by atoms with Crippen molar-refractivity contribution < 1.29 is 0 Å². The summed E-state index contributed by atoms with van der Waals surface area (Å²) in [6.45, 7) is 13.9. The Morgan fingerprint density at radius 3 is 2.27 bits per heavy atom. The molecule has 0 amide bonds. The molecule has 2 nitrogen and oxygen atoms in total. The molecule has 0 bridgehead atoms. The molecule has 1 aliphatic carbocycles. The lowest BCUT2D eigenvalue weighted by molar-refractivity contribution is 0.265. The summed E-state index contributed by atoms with van der Waals surface area (Å²) in [6, 6.07) is 0.631. The van der Waals surface area contributed by atoms with E-state index in [9.17, 15) is 0 Å². The average Bonchev–Trinajstić information content (AvgIpc) is 3.06. The van der Waals surface area contributed by atoms with Gasteiger partial charge < -0.3 is 10.2 Å². The topological polar surface area (TPSA) is 15.3 Å². The Morgan fingerprint density at radius 2 is 1.80 bits per heavy atom. The van der Waals surface area contributed by atoms with Gasteiger partial charge in [-0.05, 0) is 51.2 Å². The molecule has 1 rings (SSSR count). The molecule has 90 valence electrons. The van der Waals surface area contributed by atoms with Crippen LogP contribution in [0.5, 0.6) is 0 Å². The van der Waals surface area contributed by atoms with Gasteiger partial charge in [0, 0.05) is 12.6 Å². The van der Waals surface area contributed by atoms with Gasteiger partial charge in [-0.2, -0.15) is 0 Å². The number of hydrogen-bond donors (Lipinski definition) is 1. The highest BCUT2D eigenvalue weighted by molar-refractivity contribution is 4.80. The maximum absolute atomic E-state index is 3.66. The van der Waals surface area contributed by atoms with E-state index in [0.29, 0.717) is 6.04 Å². The van der Waals surface area contributed by atoms with E-state index < -0.39 is 0 Å². The second kappa shape index (κ2) is 6.49. The summed E-state index contributed by atoms with van der Waals surface area (Å²) in [7, 11) is 0. The molecule has 2 heteroatoms. The molecule has 1 aliphatic rings. The number of nitrogens with zero attached hydrogens (tertiary/aromatic N) is 1. The number of rotatable bonds is 8. The van der Waals surface area contributed by atoms with Crippen LogP contribution in [0.15, 0.2) is 0 Å². The highest BCUT2D eigenvalue weighted by atomic mass is 15.1. The summed E-state index contributed by atoms with van der Waals surface area (Å²) in [5.41, 5.74) is 0. The Kier molecular flexibility index (Phi) is 5.62. The third kappa shape index (κ3) is 4.98. The Morgan fingerprint density at radius 1 is 1.20 bits per heavy atom. The van der Waals surface area contributed by atoms with E-state index in [2.05, 4.69) is 37.9 Å². The number of likely N-dealkylation sites (N-methyl/N-ethyl adjacent to an activating group) is 1. The highest BCUT2D eigenvalue weighted by Gasteiger charge is 2.27. The van der Waals surface area contributed by atoms with Crippen molar-refractivity contribution in [3.8, 4) is 0 Å². The first kappa shape index (κ1) is 13.0. The van der Waals surface area contributed by atoms with Crippen molar-refractivity contribution in [1.29, 1.82) is 0 Å². The normalized spacial score (nSPS) is 20.6. The van der Waals surface area contributed by atoms with Crippen molar-refractivity contribution in [2.75, 3.05) is 26.2 Å². The lowest BCUT2D eigenvalue weighted by Gasteiger charge is -2.24. The van der Waals surface area contributed by atoms with Gasteiger partial charge in [0.15, 0.2) is 0 Å². The molecule has 0 radical (unpaired) electrons. The summed E-state index contributed by atoms with van der Waals surface area (Å²) < 4.78 is 0. The quantitative estimate of drug-likeness (QED) is 0.664. The van der Waals surface area contributed by atoms with Crippen LogP contribution in [-0.4, -0.2) is 37.1 Å². The van der Waals surface area contributed by atoms with Gasteiger partial charge in [-0.1, -0.05) is 20.8 Å². The van der Waals surface area contributed by atoms with E-state index in [1.54, 1.807) is 0 Å². The molecule has 0 aromatic rings.